The Kier molecular flexibility index (Phi) is 4.55. The number of amides is 2. The summed E-state index contributed by atoms with van der Waals surface area (Å²) in [6, 6.07) is 6.89. The molecule has 2 rings (SSSR count). The number of H-pyrrole nitrogens is 1. The predicted molar refractivity (Wildman–Crippen MR) is 75.5 cm³/mol. The lowest BCUT2D eigenvalue weighted by atomic mass is 10.1. The van der Waals surface area contributed by atoms with Gasteiger partial charge in [-0.15, -0.1) is 0 Å². The Hall–Kier alpha value is -2.83. The fraction of sp³-hybridized carbons (Fsp3) is 0.214. The lowest BCUT2D eigenvalue weighted by Gasteiger charge is -2.15. The summed E-state index contributed by atoms with van der Waals surface area (Å²) in [5.74, 6) is -1.11. The van der Waals surface area contributed by atoms with E-state index < -0.39 is 18.0 Å². The van der Waals surface area contributed by atoms with Crippen LogP contribution in [0.4, 0.5) is 4.79 Å². The van der Waals surface area contributed by atoms with E-state index in [1.54, 1.807) is 36.5 Å². The van der Waals surface area contributed by atoms with Gasteiger partial charge in [0.15, 0.2) is 6.04 Å². The molecule has 0 spiro atoms. The molecule has 1 aromatic carbocycles. The molecule has 0 aliphatic carbocycles. The number of nitrogens with zero attached hydrogens (tertiary/aromatic N) is 1. The van der Waals surface area contributed by atoms with E-state index in [0.717, 1.165) is 11.3 Å². The van der Waals surface area contributed by atoms with Gasteiger partial charge in [-0.25, -0.2) is 9.59 Å². The fourth-order valence-electron chi connectivity index (χ4n) is 1.84. The minimum absolute atomic E-state index is 0.273. The van der Waals surface area contributed by atoms with Crippen molar-refractivity contribution >= 4 is 12.0 Å². The third-order valence-electron chi connectivity index (χ3n) is 3.03. The number of hydrogen-bond acceptors (Lipinski definition) is 3. The maximum absolute atomic E-state index is 11.8. The first-order valence-electron chi connectivity index (χ1n) is 6.39. The highest BCUT2D eigenvalue weighted by atomic mass is 16.4. The van der Waals surface area contributed by atoms with Crippen molar-refractivity contribution in [3.8, 4) is 0 Å². The predicted octanol–water partition coefficient (Wildman–Crippen LogP) is 1.34. The number of aromatic nitrogens is 2. The quantitative estimate of drug-likeness (QED) is 0.666. The number of urea groups is 1. The van der Waals surface area contributed by atoms with Crippen molar-refractivity contribution < 1.29 is 14.7 Å². The molecule has 7 nitrogen and oxygen atoms in total. The van der Waals surface area contributed by atoms with Gasteiger partial charge in [-0.05, 0) is 12.5 Å². The molecule has 0 fully saturated rings. The average Bonchev–Trinajstić information content (AvgIpc) is 2.88. The van der Waals surface area contributed by atoms with Crippen LogP contribution >= 0.6 is 0 Å². The van der Waals surface area contributed by atoms with E-state index in [4.69, 9.17) is 0 Å². The number of aliphatic carboxylic acids is 1. The zero-order chi connectivity index (χ0) is 15.2. The van der Waals surface area contributed by atoms with Crippen molar-refractivity contribution in [2.75, 3.05) is 0 Å². The molecule has 2 aromatic rings. The Morgan fingerprint density at radius 1 is 1.33 bits per heavy atom. The molecule has 2 amide bonds. The largest absolute Gasteiger partial charge is 0.479 e. The van der Waals surface area contributed by atoms with E-state index in [1.165, 1.54) is 0 Å². The van der Waals surface area contributed by atoms with Gasteiger partial charge in [0, 0.05) is 17.8 Å². The molecule has 0 bridgehead atoms. The molecular formula is C14H16N4O3. The van der Waals surface area contributed by atoms with Gasteiger partial charge in [0.05, 0.1) is 6.20 Å². The lowest BCUT2D eigenvalue weighted by molar-refractivity contribution is -0.139. The highest BCUT2D eigenvalue weighted by Crippen LogP contribution is 2.12. The van der Waals surface area contributed by atoms with Crippen LogP contribution in [0.3, 0.4) is 0 Å². The number of aryl methyl sites for hydroxylation is 1. The number of hydrogen-bond donors (Lipinski definition) is 4. The van der Waals surface area contributed by atoms with Crippen LogP contribution in [0.25, 0.3) is 0 Å². The molecule has 4 N–H and O–H groups in total. The van der Waals surface area contributed by atoms with Gasteiger partial charge in [-0.1, -0.05) is 30.3 Å². The fourth-order valence-corrected chi connectivity index (χ4v) is 1.84. The van der Waals surface area contributed by atoms with Crippen molar-refractivity contribution in [2.45, 2.75) is 19.5 Å². The molecule has 0 saturated carbocycles. The smallest absolute Gasteiger partial charge is 0.330 e. The summed E-state index contributed by atoms with van der Waals surface area (Å²) < 4.78 is 0. The number of nitrogens with one attached hydrogen (secondary N) is 3. The van der Waals surface area contributed by atoms with Crippen LogP contribution in [-0.4, -0.2) is 27.3 Å². The molecular weight excluding hydrogens is 272 g/mol. The maximum atomic E-state index is 11.8. The third-order valence-corrected chi connectivity index (χ3v) is 3.03. The monoisotopic (exact) mass is 288 g/mol. The van der Waals surface area contributed by atoms with Gasteiger partial charge in [0.1, 0.15) is 0 Å². The molecule has 0 aliphatic rings. The maximum Gasteiger partial charge on any atom is 0.330 e. The van der Waals surface area contributed by atoms with Gasteiger partial charge in [-0.2, -0.15) is 5.10 Å². The normalized spacial score (nSPS) is 11.7. The summed E-state index contributed by atoms with van der Waals surface area (Å²) in [4.78, 5) is 23.1. The first kappa shape index (κ1) is 14.6. The molecule has 21 heavy (non-hydrogen) atoms. The average molecular weight is 288 g/mol. The van der Waals surface area contributed by atoms with Crippen LogP contribution in [-0.2, 0) is 11.3 Å². The first-order chi connectivity index (χ1) is 10.1. The van der Waals surface area contributed by atoms with Crippen LogP contribution in [0.1, 0.15) is 22.9 Å². The first-order valence-corrected chi connectivity index (χ1v) is 6.39. The van der Waals surface area contributed by atoms with Gasteiger partial charge in [0.2, 0.25) is 0 Å². The summed E-state index contributed by atoms with van der Waals surface area (Å²) in [6.45, 7) is 2.11. The topological polar surface area (TPSA) is 107 Å². The second kappa shape index (κ2) is 6.56. The van der Waals surface area contributed by atoms with Crippen molar-refractivity contribution in [1.82, 2.24) is 20.8 Å². The van der Waals surface area contributed by atoms with E-state index in [2.05, 4.69) is 20.8 Å². The highest BCUT2D eigenvalue weighted by Gasteiger charge is 2.21. The number of benzene rings is 1. The van der Waals surface area contributed by atoms with Crippen molar-refractivity contribution in [2.24, 2.45) is 0 Å². The second-order valence-corrected chi connectivity index (χ2v) is 4.53. The van der Waals surface area contributed by atoms with E-state index in [-0.39, 0.29) is 6.54 Å². The number of carboxylic acid groups (broad SMARTS) is 1. The molecule has 110 valence electrons. The number of carbonyl (C=O) groups excluding carboxylic acids is 1. The Balaban J connectivity index is 1.96. The van der Waals surface area contributed by atoms with Crippen molar-refractivity contribution in [1.29, 1.82) is 0 Å². The van der Waals surface area contributed by atoms with Crippen LogP contribution in [0.5, 0.6) is 0 Å². The Labute approximate surface area is 121 Å². The van der Waals surface area contributed by atoms with Gasteiger partial charge >= 0.3 is 12.0 Å². The zero-order valence-corrected chi connectivity index (χ0v) is 11.5. The van der Waals surface area contributed by atoms with Gasteiger partial charge < -0.3 is 15.7 Å². The van der Waals surface area contributed by atoms with Crippen LogP contribution < -0.4 is 10.6 Å². The minimum Gasteiger partial charge on any atom is -0.479 e. The van der Waals surface area contributed by atoms with Crippen LogP contribution in [0.15, 0.2) is 36.5 Å². The number of carboxylic acids is 1. The zero-order valence-electron chi connectivity index (χ0n) is 11.5. The van der Waals surface area contributed by atoms with E-state index >= 15 is 0 Å². The Bertz CT molecular complexity index is 624. The standard InChI is InChI=1S/C14H16N4O3/c1-9-11(8-16-18-9)7-15-14(21)17-12(13(19)20)10-5-3-2-4-6-10/h2-6,8,12H,7H2,1H3,(H,16,18)(H,19,20)(H2,15,17,21)/t12-/m1/s1. The molecule has 1 atom stereocenters. The molecule has 0 radical (unpaired) electrons. The number of aromatic amines is 1. The molecule has 1 heterocycles. The van der Waals surface area contributed by atoms with Crippen LogP contribution in [0.2, 0.25) is 0 Å². The summed E-state index contributed by atoms with van der Waals surface area (Å²) in [6.07, 6.45) is 1.61. The lowest BCUT2D eigenvalue weighted by Crippen LogP contribution is -2.40. The summed E-state index contributed by atoms with van der Waals surface area (Å²) in [5.41, 5.74) is 2.21. The highest BCUT2D eigenvalue weighted by molar-refractivity contribution is 5.83. The van der Waals surface area contributed by atoms with E-state index in [9.17, 15) is 14.7 Å². The number of carbonyl (C=O) groups is 2. The van der Waals surface area contributed by atoms with E-state index in [0.29, 0.717) is 5.56 Å². The SMILES string of the molecule is Cc1[nH]ncc1CNC(=O)N[C@@H](C(=O)O)c1ccccc1. The van der Waals surface area contributed by atoms with Crippen LogP contribution in [0, 0.1) is 6.92 Å². The number of rotatable bonds is 5. The Morgan fingerprint density at radius 3 is 2.62 bits per heavy atom. The van der Waals surface area contributed by atoms with Gasteiger partial charge in [-0.3, -0.25) is 5.10 Å². The van der Waals surface area contributed by atoms with Crippen molar-refractivity contribution in [3.63, 3.8) is 0 Å². The molecule has 0 unspecified atom stereocenters. The third kappa shape index (κ3) is 3.82. The molecule has 0 saturated heterocycles. The summed E-state index contributed by atoms with van der Waals surface area (Å²) >= 11 is 0. The second-order valence-electron chi connectivity index (χ2n) is 4.53. The summed E-state index contributed by atoms with van der Waals surface area (Å²) in [5, 5.41) is 20.9. The molecule has 1 aromatic heterocycles. The molecule has 0 aliphatic heterocycles. The molecule has 7 heteroatoms. The van der Waals surface area contributed by atoms with Gasteiger partial charge in [0.25, 0.3) is 0 Å². The summed E-state index contributed by atoms with van der Waals surface area (Å²) in [7, 11) is 0. The van der Waals surface area contributed by atoms with Crippen molar-refractivity contribution in [3.05, 3.63) is 53.3 Å². The Morgan fingerprint density at radius 2 is 2.05 bits per heavy atom. The van der Waals surface area contributed by atoms with E-state index in [1.807, 2.05) is 6.92 Å². The minimum atomic E-state index is -1.11.